The van der Waals surface area contributed by atoms with E-state index in [1.165, 1.54) is 21.3 Å². The number of nitrogens with zero attached hydrogens (tertiary/aromatic N) is 2. The highest BCUT2D eigenvalue weighted by atomic mass is 32.2. The highest BCUT2D eigenvalue weighted by molar-refractivity contribution is 7.92. The molecule has 2 aromatic carbocycles. The van der Waals surface area contributed by atoms with Crippen LogP contribution in [0.5, 0.6) is 0 Å². The molecule has 2 amide bonds. The second kappa shape index (κ2) is 12.7. The molecule has 0 fully saturated rings. The van der Waals surface area contributed by atoms with Crippen molar-refractivity contribution < 1.29 is 22.4 Å². The third-order valence-corrected chi connectivity index (χ3v) is 6.83. The zero-order valence-corrected chi connectivity index (χ0v) is 21.9. The molecule has 0 aliphatic heterocycles. The average molecular weight is 506 g/mol. The molecule has 0 heterocycles. The van der Waals surface area contributed by atoms with Crippen LogP contribution in [0.15, 0.2) is 48.5 Å². The summed E-state index contributed by atoms with van der Waals surface area (Å²) < 4.78 is 39.5. The predicted molar refractivity (Wildman–Crippen MR) is 137 cm³/mol. The van der Waals surface area contributed by atoms with Crippen LogP contribution in [0.25, 0.3) is 0 Å². The molecule has 0 aliphatic rings. The van der Waals surface area contributed by atoms with Crippen LogP contribution in [0.3, 0.4) is 0 Å². The minimum Gasteiger partial charge on any atom is -0.354 e. The van der Waals surface area contributed by atoms with Gasteiger partial charge in [0.05, 0.1) is 11.9 Å². The number of anilines is 1. The molecule has 1 N–H and O–H groups in total. The van der Waals surface area contributed by atoms with Gasteiger partial charge < -0.3 is 10.2 Å². The van der Waals surface area contributed by atoms with Gasteiger partial charge in [0, 0.05) is 26.1 Å². The first-order valence-electron chi connectivity index (χ1n) is 11.7. The van der Waals surface area contributed by atoms with E-state index in [9.17, 15) is 22.4 Å². The monoisotopic (exact) mass is 505 g/mol. The molecular formula is C26H36FN3O4S. The second-order valence-corrected chi connectivity index (χ2v) is 11.1. The summed E-state index contributed by atoms with van der Waals surface area (Å²) in [5.74, 6) is -0.672. The summed E-state index contributed by atoms with van der Waals surface area (Å²) in [6, 6.07) is 12.2. The average Bonchev–Trinajstić information content (AvgIpc) is 2.79. The molecule has 0 saturated carbocycles. The van der Waals surface area contributed by atoms with Gasteiger partial charge >= 0.3 is 0 Å². The van der Waals surface area contributed by atoms with Gasteiger partial charge in [-0.05, 0) is 55.5 Å². The number of amides is 2. The first-order valence-corrected chi connectivity index (χ1v) is 13.6. The Balaban J connectivity index is 2.16. The fraction of sp³-hybridized carbons (Fsp3) is 0.462. The molecule has 9 heteroatoms. The molecule has 2 rings (SSSR count). The maximum absolute atomic E-state index is 13.4. The first-order chi connectivity index (χ1) is 16.4. The van der Waals surface area contributed by atoms with Crippen molar-refractivity contribution in [1.82, 2.24) is 10.2 Å². The topological polar surface area (TPSA) is 86.8 Å². The summed E-state index contributed by atoms with van der Waals surface area (Å²) in [6.07, 6.45) is 1.48. The molecule has 0 saturated heterocycles. The Bertz CT molecular complexity index is 1100. The Morgan fingerprint density at radius 3 is 2.23 bits per heavy atom. The Hall–Kier alpha value is -2.94. The Morgan fingerprint density at radius 1 is 1.03 bits per heavy atom. The number of rotatable bonds is 12. The summed E-state index contributed by atoms with van der Waals surface area (Å²) in [6.45, 7) is 8.22. The minimum atomic E-state index is -3.55. The number of nitrogens with one attached hydrogen (secondary N) is 1. The van der Waals surface area contributed by atoms with Gasteiger partial charge in [-0.25, -0.2) is 12.8 Å². The van der Waals surface area contributed by atoms with E-state index in [1.54, 1.807) is 31.2 Å². The first kappa shape index (κ1) is 28.3. The molecule has 0 spiro atoms. The lowest BCUT2D eigenvalue weighted by atomic mass is 10.1. The standard InChI is InChI=1S/C26H36FN3O4S/c1-19(2)17-28-26(32)21(4)29(18-22-12-14-23(27)15-13-22)25(31)11-8-16-30(35(5,33)34)24-10-7-6-9-20(24)3/h6-7,9-10,12-15,19,21H,8,11,16-18H2,1-5H3,(H,28,32). The summed E-state index contributed by atoms with van der Waals surface area (Å²) in [5.41, 5.74) is 2.09. The van der Waals surface area contributed by atoms with Crippen molar-refractivity contribution in [2.45, 2.75) is 53.1 Å². The van der Waals surface area contributed by atoms with Crippen LogP contribution in [0.4, 0.5) is 10.1 Å². The molecule has 0 radical (unpaired) electrons. The van der Waals surface area contributed by atoms with E-state index in [4.69, 9.17) is 0 Å². The molecule has 0 aromatic heterocycles. The van der Waals surface area contributed by atoms with E-state index in [2.05, 4.69) is 5.32 Å². The van der Waals surface area contributed by atoms with E-state index in [0.29, 0.717) is 17.8 Å². The highest BCUT2D eigenvalue weighted by Gasteiger charge is 2.27. The van der Waals surface area contributed by atoms with Gasteiger partial charge in [0.2, 0.25) is 21.8 Å². The number of carbonyl (C=O) groups excluding carboxylic acids is 2. The minimum absolute atomic E-state index is 0.0564. The third-order valence-electron chi connectivity index (χ3n) is 5.65. The van der Waals surface area contributed by atoms with Crippen LogP contribution in [-0.2, 0) is 26.2 Å². The lowest BCUT2D eigenvalue weighted by Gasteiger charge is -2.30. The lowest BCUT2D eigenvalue weighted by Crippen LogP contribution is -2.48. The number of halogens is 1. The number of sulfonamides is 1. The smallest absolute Gasteiger partial charge is 0.242 e. The second-order valence-electron chi connectivity index (χ2n) is 9.19. The largest absolute Gasteiger partial charge is 0.354 e. The van der Waals surface area contributed by atoms with Crippen molar-refractivity contribution in [3.8, 4) is 0 Å². The van der Waals surface area contributed by atoms with E-state index in [0.717, 1.165) is 11.8 Å². The number of benzene rings is 2. The number of para-hydroxylation sites is 1. The fourth-order valence-electron chi connectivity index (χ4n) is 3.65. The molecule has 0 aliphatic carbocycles. The summed E-state index contributed by atoms with van der Waals surface area (Å²) >= 11 is 0. The van der Waals surface area contributed by atoms with Gasteiger partial charge in [-0.15, -0.1) is 0 Å². The van der Waals surface area contributed by atoms with Crippen LogP contribution < -0.4 is 9.62 Å². The SMILES string of the molecule is Cc1ccccc1N(CCCC(=O)N(Cc1ccc(F)cc1)C(C)C(=O)NCC(C)C)S(C)(=O)=O. The normalized spacial score (nSPS) is 12.3. The van der Waals surface area contributed by atoms with Gasteiger partial charge in [0.15, 0.2) is 0 Å². The maximum atomic E-state index is 13.4. The predicted octanol–water partition coefficient (Wildman–Crippen LogP) is 3.87. The van der Waals surface area contributed by atoms with Crippen molar-refractivity contribution in [1.29, 1.82) is 0 Å². The zero-order chi connectivity index (χ0) is 26.2. The maximum Gasteiger partial charge on any atom is 0.242 e. The van der Waals surface area contributed by atoms with Crippen LogP contribution >= 0.6 is 0 Å². The van der Waals surface area contributed by atoms with E-state index in [-0.39, 0.29) is 49.5 Å². The van der Waals surface area contributed by atoms with Crippen molar-refractivity contribution in [3.63, 3.8) is 0 Å². The van der Waals surface area contributed by atoms with Crippen LogP contribution in [0.2, 0.25) is 0 Å². The summed E-state index contributed by atoms with van der Waals surface area (Å²) in [4.78, 5) is 27.4. The molecule has 1 unspecified atom stereocenters. The highest BCUT2D eigenvalue weighted by Crippen LogP contribution is 2.23. The van der Waals surface area contributed by atoms with Crippen molar-refractivity contribution in [2.75, 3.05) is 23.7 Å². The van der Waals surface area contributed by atoms with E-state index < -0.39 is 16.1 Å². The van der Waals surface area contributed by atoms with E-state index in [1.807, 2.05) is 32.9 Å². The van der Waals surface area contributed by atoms with Gasteiger partial charge in [-0.2, -0.15) is 0 Å². The van der Waals surface area contributed by atoms with Crippen LogP contribution in [0.1, 0.15) is 44.7 Å². The molecule has 35 heavy (non-hydrogen) atoms. The number of hydrogen-bond donors (Lipinski definition) is 1. The number of hydrogen-bond acceptors (Lipinski definition) is 4. The zero-order valence-electron chi connectivity index (χ0n) is 21.1. The molecule has 192 valence electrons. The Morgan fingerprint density at radius 2 is 1.66 bits per heavy atom. The van der Waals surface area contributed by atoms with Crippen molar-refractivity contribution in [3.05, 3.63) is 65.5 Å². The van der Waals surface area contributed by atoms with Crippen LogP contribution in [0, 0.1) is 18.7 Å². The molecule has 7 nitrogen and oxygen atoms in total. The van der Waals surface area contributed by atoms with Crippen molar-refractivity contribution >= 4 is 27.5 Å². The quantitative estimate of drug-likeness (QED) is 0.475. The van der Waals surface area contributed by atoms with Crippen LogP contribution in [-0.4, -0.2) is 50.5 Å². The Kier molecular flexibility index (Phi) is 10.2. The lowest BCUT2D eigenvalue weighted by molar-refractivity contribution is -0.140. The van der Waals surface area contributed by atoms with Gasteiger partial charge in [0.25, 0.3) is 0 Å². The van der Waals surface area contributed by atoms with Gasteiger partial charge in [-0.1, -0.05) is 44.2 Å². The Labute approximate surface area is 208 Å². The third kappa shape index (κ3) is 8.65. The number of carbonyl (C=O) groups is 2. The molecule has 0 bridgehead atoms. The van der Waals surface area contributed by atoms with Gasteiger partial charge in [0.1, 0.15) is 11.9 Å². The molecule has 1 atom stereocenters. The fourth-order valence-corrected chi connectivity index (χ4v) is 4.67. The molecular weight excluding hydrogens is 469 g/mol. The summed E-state index contributed by atoms with van der Waals surface area (Å²) in [7, 11) is -3.55. The number of aryl methyl sites for hydroxylation is 1. The molecule has 2 aromatic rings. The summed E-state index contributed by atoms with van der Waals surface area (Å²) in [5, 5.41) is 2.85. The van der Waals surface area contributed by atoms with Crippen molar-refractivity contribution in [2.24, 2.45) is 5.92 Å². The van der Waals surface area contributed by atoms with Gasteiger partial charge in [-0.3, -0.25) is 13.9 Å². The van der Waals surface area contributed by atoms with E-state index >= 15 is 0 Å².